The SMILES string of the molecule is Cc1ccc(O)c(C(=O)N2CCOC(CCl)C2)c1. The summed E-state index contributed by atoms with van der Waals surface area (Å²) < 4.78 is 5.41. The molecule has 0 saturated carbocycles. The quantitative estimate of drug-likeness (QED) is 0.833. The molecule has 1 N–H and O–H groups in total. The molecule has 1 aromatic rings. The largest absolute Gasteiger partial charge is 0.507 e. The molecule has 0 bridgehead atoms. The number of benzene rings is 1. The van der Waals surface area contributed by atoms with Crippen LogP contribution in [0.5, 0.6) is 5.75 Å². The van der Waals surface area contributed by atoms with Crippen molar-refractivity contribution in [3.05, 3.63) is 29.3 Å². The highest BCUT2D eigenvalue weighted by molar-refractivity contribution is 6.18. The molecule has 1 aliphatic rings. The van der Waals surface area contributed by atoms with E-state index < -0.39 is 0 Å². The number of phenols is 1. The molecule has 1 fully saturated rings. The lowest BCUT2D eigenvalue weighted by atomic mass is 10.1. The van der Waals surface area contributed by atoms with Gasteiger partial charge in [-0.2, -0.15) is 0 Å². The van der Waals surface area contributed by atoms with Crippen molar-refractivity contribution in [2.75, 3.05) is 25.6 Å². The van der Waals surface area contributed by atoms with E-state index in [1.54, 1.807) is 23.1 Å². The summed E-state index contributed by atoms with van der Waals surface area (Å²) in [6, 6.07) is 5.01. The molecular formula is C13H16ClNO3. The maximum atomic E-state index is 12.3. The third-order valence-electron chi connectivity index (χ3n) is 2.98. The Morgan fingerprint density at radius 1 is 1.61 bits per heavy atom. The molecule has 2 rings (SSSR count). The summed E-state index contributed by atoms with van der Waals surface area (Å²) in [5.41, 5.74) is 1.28. The van der Waals surface area contributed by atoms with Gasteiger partial charge in [0.15, 0.2) is 0 Å². The van der Waals surface area contributed by atoms with Crippen molar-refractivity contribution in [1.82, 2.24) is 4.90 Å². The summed E-state index contributed by atoms with van der Waals surface area (Å²) in [5, 5.41) is 9.75. The predicted molar refractivity (Wildman–Crippen MR) is 69.2 cm³/mol. The van der Waals surface area contributed by atoms with Crippen LogP contribution in [0.1, 0.15) is 15.9 Å². The van der Waals surface area contributed by atoms with Crippen molar-refractivity contribution < 1.29 is 14.6 Å². The second kappa shape index (κ2) is 5.59. The molecule has 1 atom stereocenters. The summed E-state index contributed by atoms with van der Waals surface area (Å²) in [7, 11) is 0. The maximum Gasteiger partial charge on any atom is 0.257 e. The Labute approximate surface area is 111 Å². The van der Waals surface area contributed by atoms with Crippen LogP contribution in [0.4, 0.5) is 0 Å². The van der Waals surface area contributed by atoms with Crippen LogP contribution in [0.15, 0.2) is 18.2 Å². The van der Waals surface area contributed by atoms with E-state index in [0.717, 1.165) is 5.56 Å². The van der Waals surface area contributed by atoms with Gasteiger partial charge in [0.05, 0.1) is 24.2 Å². The van der Waals surface area contributed by atoms with E-state index in [0.29, 0.717) is 31.1 Å². The fraction of sp³-hybridized carbons (Fsp3) is 0.462. The number of hydrogen-bond donors (Lipinski definition) is 1. The van der Waals surface area contributed by atoms with Crippen LogP contribution >= 0.6 is 11.6 Å². The highest BCUT2D eigenvalue weighted by Gasteiger charge is 2.25. The van der Waals surface area contributed by atoms with Crippen molar-refractivity contribution in [2.45, 2.75) is 13.0 Å². The van der Waals surface area contributed by atoms with Crippen molar-refractivity contribution in [3.63, 3.8) is 0 Å². The minimum atomic E-state index is -0.172. The van der Waals surface area contributed by atoms with Gasteiger partial charge in [-0.15, -0.1) is 11.6 Å². The molecule has 1 saturated heterocycles. The lowest BCUT2D eigenvalue weighted by Crippen LogP contribution is -2.46. The van der Waals surface area contributed by atoms with Gasteiger partial charge < -0.3 is 14.7 Å². The van der Waals surface area contributed by atoms with Gasteiger partial charge in [-0.25, -0.2) is 0 Å². The van der Waals surface area contributed by atoms with E-state index in [1.807, 2.05) is 6.92 Å². The lowest BCUT2D eigenvalue weighted by Gasteiger charge is -2.32. The minimum Gasteiger partial charge on any atom is -0.507 e. The molecule has 1 aromatic carbocycles. The van der Waals surface area contributed by atoms with Gasteiger partial charge in [0.1, 0.15) is 5.75 Å². The number of carbonyl (C=O) groups excluding carboxylic acids is 1. The molecule has 0 aliphatic carbocycles. The van der Waals surface area contributed by atoms with E-state index in [4.69, 9.17) is 16.3 Å². The minimum absolute atomic E-state index is 0.0134. The van der Waals surface area contributed by atoms with E-state index in [9.17, 15) is 9.90 Å². The molecule has 0 radical (unpaired) electrons. The molecule has 1 amide bonds. The third-order valence-corrected chi connectivity index (χ3v) is 3.32. The van der Waals surface area contributed by atoms with Crippen LogP contribution in [0.3, 0.4) is 0 Å². The molecule has 1 unspecified atom stereocenters. The van der Waals surface area contributed by atoms with Gasteiger partial charge >= 0.3 is 0 Å². The van der Waals surface area contributed by atoms with E-state index in [2.05, 4.69) is 0 Å². The van der Waals surface area contributed by atoms with Gasteiger partial charge in [-0.1, -0.05) is 11.6 Å². The highest BCUT2D eigenvalue weighted by Crippen LogP contribution is 2.21. The van der Waals surface area contributed by atoms with Crippen molar-refractivity contribution in [3.8, 4) is 5.75 Å². The van der Waals surface area contributed by atoms with Gasteiger partial charge in [-0.3, -0.25) is 4.79 Å². The first-order valence-electron chi connectivity index (χ1n) is 5.88. The Kier molecular flexibility index (Phi) is 4.09. The van der Waals surface area contributed by atoms with Crippen molar-refractivity contribution in [2.24, 2.45) is 0 Å². The number of phenolic OH excluding ortho intramolecular Hbond substituents is 1. The van der Waals surface area contributed by atoms with Crippen LogP contribution in [0.25, 0.3) is 0 Å². The molecule has 0 spiro atoms. The average molecular weight is 270 g/mol. The lowest BCUT2D eigenvalue weighted by molar-refractivity contribution is -0.0109. The van der Waals surface area contributed by atoms with Crippen molar-refractivity contribution in [1.29, 1.82) is 0 Å². The summed E-state index contributed by atoms with van der Waals surface area (Å²) in [4.78, 5) is 14.0. The van der Waals surface area contributed by atoms with Gasteiger partial charge in [0, 0.05) is 13.1 Å². The number of hydrogen-bond acceptors (Lipinski definition) is 3. The summed E-state index contributed by atoms with van der Waals surface area (Å²) >= 11 is 5.74. The number of morpholine rings is 1. The number of aryl methyl sites for hydroxylation is 1. The zero-order valence-electron chi connectivity index (χ0n) is 10.2. The first-order valence-corrected chi connectivity index (χ1v) is 6.41. The standard InChI is InChI=1S/C13H16ClNO3/c1-9-2-3-12(16)11(6-9)13(17)15-4-5-18-10(7-14)8-15/h2-3,6,10,16H,4-5,7-8H2,1H3. The van der Waals surface area contributed by atoms with Crippen LogP contribution in [0.2, 0.25) is 0 Å². The smallest absolute Gasteiger partial charge is 0.257 e. The van der Waals surface area contributed by atoms with E-state index in [1.165, 1.54) is 0 Å². The highest BCUT2D eigenvalue weighted by atomic mass is 35.5. The third kappa shape index (κ3) is 2.76. The summed E-state index contributed by atoms with van der Waals surface area (Å²) in [6.07, 6.45) is -0.128. The molecule has 0 aromatic heterocycles. The zero-order chi connectivity index (χ0) is 13.1. The molecule has 18 heavy (non-hydrogen) atoms. The molecule has 5 heteroatoms. The van der Waals surface area contributed by atoms with Gasteiger partial charge in [0.25, 0.3) is 5.91 Å². The number of halogens is 1. The summed E-state index contributed by atoms with van der Waals surface area (Å²) in [5.74, 6) is 0.206. The predicted octanol–water partition coefficient (Wildman–Crippen LogP) is 1.78. The number of ether oxygens (including phenoxy) is 1. The number of rotatable bonds is 2. The topological polar surface area (TPSA) is 49.8 Å². The zero-order valence-corrected chi connectivity index (χ0v) is 11.0. The summed E-state index contributed by atoms with van der Waals surface area (Å²) in [6.45, 7) is 3.36. The molecule has 1 aliphatic heterocycles. The number of nitrogens with zero attached hydrogens (tertiary/aromatic N) is 1. The van der Waals surface area contributed by atoms with Crippen LogP contribution in [0, 0.1) is 6.92 Å². The Bertz CT molecular complexity index is 450. The number of amides is 1. The molecule has 98 valence electrons. The Morgan fingerprint density at radius 3 is 3.11 bits per heavy atom. The maximum absolute atomic E-state index is 12.3. The second-order valence-electron chi connectivity index (χ2n) is 4.42. The van der Waals surface area contributed by atoms with Gasteiger partial charge in [0.2, 0.25) is 0 Å². The first-order chi connectivity index (χ1) is 8.61. The normalized spacial score (nSPS) is 19.9. The molecule has 1 heterocycles. The number of alkyl halides is 1. The second-order valence-corrected chi connectivity index (χ2v) is 4.73. The number of aromatic hydroxyl groups is 1. The van der Waals surface area contributed by atoms with Crippen LogP contribution in [-0.4, -0.2) is 47.6 Å². The Morgan fingerprint density at radius 2 is 2.39 bits per heavy atom. The first kappa shape index (κ1) is 13.2. The number of carbonyl (C=O) groups is 1. The fourth-order valence-corrected chi connectivity index (χ4v) is 2.18. The Balaban J connectivity index is 2.17. The molecular weight excluding hydrogens is 254 g/mol. The van der Waals surface area contributed by atoms with Crippen LogP contribution < -0.4 is 0 Å². The van der Waals surface area contributed by atoms with E-state index in [-0.39, 0.29) is 17.8 Å². The van der Waals surface area contributed by atoms with E-state index >= 15 is 0 Å². The van der Waals surface area contributed by atoms with Crippen LogP contribution in [-0.2, 0) is 4.74 Å². The van der Waals surface area contributed by atoms with Crippen molar-refractivity contribution >= 4 is 17.5 Å². The molecule has 4 nitrogen and oxygen atoms in total. The average Bonchev–Trinajstić information content (AvgIpc) is 2.41. The van der Waals surface area contributed by atoms with Gasteiger partial charge in [-0.05, 0) is 19.1 Å². The fourth-order valence-electron chi connectivity index (χ4n) is 1.99. The monoisotopic (exact) mass is 269 g/mol. The Hall–Kier alpha value is -1.26.